The predicted molar refractivity (Wildman–Crippen MR) is 93.6 cm³/mol. The maximum absolute atomic E-state index is 13.8. The maximum Gasteiger partial charge on any atom is 0.308 e. The normalized spacial score (nSPS) is 10.6. The molecular weight excluding hydrogens is 351 g/mol. The van der Waals surface area contributed by atoms with E-state index in [2.05, 4.69) is 10.3 Å². The standard InChI is InChI=1S/C17H12ClFN2O2S/c18-11-7-5-10(6-8-11)16-14(9-15(22)23)24-17(21-16)20-13-4-2-1-3-12(13)19/h1-8H,9H2,(H,20,21)(H,22,23). The second-order valence-corrected chi connectivity index (χ2v) is 6.49. The van der Waals surface area contributed by atoms with Gasteiger partial charge in [0.1, 0.15) is 5.82 Å². The Kier molecular flexibility index (Phi) is 4.78. The van der Waals surface area contributed by atoms with Crippen LogP contribution < -0.4 is 5.32 Å². The van der Waals surface area contributed by atoms with Crippen molar-refractivity contribution in [2.24, 2.45) is 0 Å². The van der Waals surface area contributed by atoms with Crippen molar-refractivity contribution in [2.45, 2.75) is 6.42 Å². The molecule has 0 aliphatic carbocycles. The highest BCUT2D eigenvalue weighted by molar-refractivity contribution is 7.16. The molecule has 0 aliphatic heterocycles. The number of thiazole rings is 1. The number of carboxylic acids is 1. The van der Waals surface area contributed by atoms with E-state index in [4.69, 9.17) is 16.7 Å². The molecule has 1 aromatic heterocycles. The van der Waals surface area contributed by atoms with E-state index in [-0.39, 0.29) is 12.1 Å². The monoisotopic (exact) mass is 362 g/mol. The molecule has 0 radical (unpaired) electrons. The van der Waals surface area contributed by atoms with Gasteiger partial charge < -0.3 is 10.4 Å². The van der Waals surface area contributed by atoms with Gasteiger partial charge in [-0.15, -0.1) is 11.3 Å². The van der Waals surface area contributed by atoms with Crippen molar-refractivity contribution in [2.75, 3.05) is 5.32 Å². The van der Waals surface area contributed by atoms with Crippen LogP contribution in [0.5, 0.6) is 0 Å². The zero-order valence-electron chi connectivity index (χ0n) is 12.3. The first-order chi connectivity index (χ1) is 11.5. The lowest BCUT2D eigenvalue weighted by molar-refractivity contribution is -0.136. The van der Waals surface area contributed by atoms with Gasteiger partial charge in [0.25, 0.3) is 0 Å². The Bertz CT molecular complexity index is 881. The smallest absolute Gasteiger partial charge is 0.308 e. The van der Waals surface area contributed by atoms with Crippen molar-refractivity contribution in [3.63, 3.8) is 0 Å². The number of para-hydroxylation sites is 1. The summed E-state index contributed by atoms with van der Waals surface area (Å²) < 4.78 is 13.8. The van der Waals surface area contributed by atoms with E-state index in [1.54, 1.807) is 42.5 Å². The highest BCUT2D eigenvalue weighted by Crippen LogP contribution is 2.34. The van der Waals surface area contributed by atoms with Crippen molar-refractivity contribution >= 4 is 39.7 Å². The Morgan fingerprint density at radius 3 is 2.58 bits per heavy atom. The molecule has 4 nitrogen and oxygen atoms in total. The minimum Gasteiger partial charge on any atom is -0.481 e. The molecule has 0 amide bonds. The van der Waals surface area contributed by atoms with Crippen molar-refractivity contribution in [3.05, 3.63) is 64.2 Å². The topological polar surface area (TPSA) is 62.2 Å². The number of nitrogens with one attached hydrogen (secondary N) is 1. The molecule has 2 aromatic carbocycles. The Labute approximate surface area is 146 Å². The molecule has 0 saturated carbocycles. The zero-order valence-corrected chi connectivity index (χ0v) is 13.9. The van der Waals surface area contributed by atoms with Crippen molar-refractivity contribution < 1.29 is 14.3 Å². The second kappa shape index (κ2) is 6.98. The summed E-state index contributed by atoms with van der Waals surface area (Å²) in [5, 5.41) is 13.0. The third kappa shape index (κ3) is 3.72. The number of aromatic nitrogens is 1. The van der Waals surface area contributed by atoms with Gasteiger partial charge in [-0.3, -0.25) is 4.79 Å². The number of hydrogen-bond donors (Lipinski definition) is 2. The number of carbonyl (C=O) groups is 1. The first kappa shape index (κ1) is 16.4. The fourth-order valence-corrected chi connectivity index (χ4v) is 3.29. The lowest BCUT2D eigenvalue weighted by Crippen LogP contribution is -1.99. The summed E-state index contributed by atoms with van der Waals surface area (Å²) in [6, 6.07) is 13.2. The summed E-state index contributed by atoms with van der Waals surface area (Å²) in [7, 11) is 0. The van der Waals surface area contributed by atoms with Crippen LogP contribution in [0.1, 0.15) is 4.88 Å². The van der Waals surface area contributed by atoms with Gasteiger partial charge in [0.15, 0.2) is 5.13 Å². The van der Waals surface area contributed by atoms with E-state index in [0.717, 1.165) is 5.56 Å². The van der Waals surface area contributed by atoms with Crippen LogP contribution in [0.3, 0.4) is 0 Å². The molecule has 3 aromatic rings. The first-order valence-corrected chi connectivity index (χ1v) is 8.21. The third-order valence-electron chi connectivity index (χ3n) is 3.24. The number of carboxylic acid groups (broad SMARTS) is 1. The average Bonchev–Trinajstić information content (AvgIpc) is 2.92. The molecule has 0 bridgehead atoms. The van der Waals surface area contributed by atoms with Crippen LogP contribution in [0, 0.1) is 5.82 Å². The average molecular weight is 363 g/mol. The van der Waals surface area contributed by atoms with Gasteiger partial charge >= 0.3 is 5.97 Å². The van der Waals surface area contributed by atoms with E-state index in [1.165, 1.54) is 17.4 Å². The highest BCUT2D eigenvalue weighted by Gasteiger charge is 2.16. The third-order valence-corrected chi connectivity index (χ3v) is 4.47. The van der Waals surface area contributed by atoms with E-state index in [1.807, 2.05) is 0 Å². The number of benzene rings is 2. The number of hydrogen-bond acceptors (Lipinski definition) is 4. The number of anilines is 2. The van der Waals surface area contributed by atoms with Gasteiger partial charge in [-0.25, -0.2) is 9.37 Å². The Balaban J connectivity index is 1.98. The summed E-state index contributed by atoms with van der Waals surface area (Å²) in [6.07, 6.45) is -0.158. The molecule has 0 aliphatic rings. The van der Waals surface area contributed by atoms with Crippen molar-refractivity contribution in [3.8, 4) is 11.3 Å². The van der Waals surface area contributed by atoms with Crippen LogP contribution in [0.25, 0.3) is 11.3 Å². The molecular formula is C17H12ClFN2O2S. The fraction of sp³-hybridized carbons (Fsp3) is 0.0588. The largest absolute Gasteiger partial charge is 0.481 e. The molecule has 3 rings (SSSR count). The predicted octanol–water partition coefficient (Wildman–Crippen LogP) is 4.97. The van der Waals surface area contributed by atoms with Crippen LogP contribution >= 0.6 is 22.9 Å². The number of halogens is 2. The number of aliphatic carboxylic acids is 1. The van der Waals surface area contributed by atoms with Crippen molar-refractivity contribution in [1.82, 2.24) is 4.98 Å². The zero-order chi connectivity index (χ0) is 17.1. The van der Waals surface area contributed by atoms with Crippen molar-refractivity contribution in [1.29, 1.82) is 0 Å². The molecule has 0 atom stereocenters. The summed E-state index contributed by atoms with van der Waals surface area (Å²) in [4.78, 5) is 16.1. The summed E-state index contributed by atoms with van der Waals surface area (Å²) >= 11 is 7.07. The van der Waals surface area contributed by atoms with E-state index in [9.17, 15) is 9.18 Å². The van der Waals surface area contributed by atoms with E-state index < -0.39 is 11.8 Å². The molecule has 2 N–H and O–H groups in total. The summed E-state index contributed by atoms with van der Waals surface area (Å²) in [5.41, 5.74) is 1.60. The molecule has 24 heavy (non-hydrogen) atoms. The van der Waals surface area contributed by atoms with Gasteiger partial charge in [0.05, 0.1) is 17.8 Å². The van der Waals surface area contributed by atoms with Gasteiger partial charge in [-0.2, -0.15) is 0 Å². The molecule has 0 saturated heterocycles. The van der Waals surface area contributed by atoms with Crippen LogP contribution in [0.15, 0.2) is 48.5 Å². The van der Waals surface area contributed by atoms with Gasteiger partial charge in [-0.05, 0) is 24.3 Å². The second-order valence-electron chi connectivity index (χ2n) is 4.97. The van der Waals surface area contributed by atoms with E-state index >= 15 is 0 Å². The van der Waals surface area contributed by atoms with Crippen LogP contribution in [-0.4, -0.2) is 16.1 Å². The lowest BCUT2D eigenvalue weighted by atomic mass is 10.1. The minimum atomic E-state index is -0.952. The Morgan fingerprint density at radius 1 is 1.21 bits per heavy atom. The van der Waals surface area contributed by atoms with Gasteiger partial charge in [0, 0.05) is 15.5 Å². The Hall–Kier alpha value is -2.44. The highest BCUT2D eigenvalue weighted by atomic mass is 35.5. The summed E-state index contributed by atoms with van der Waals surface area (Å²) in [5.74, 6) is -1.35. The molecule has 1 heterocycles. The maximum atomic E-state index is 13.8. The van der Waals surface area contributed by atoms with E-state index in [0.29, 0.717) is 20.7 Å². The van der Waals surface area contributed by atoms with Crippen LogP contribution in [-0.2, 0) is 11.2 Å². The molecule has 7 heteroatoms. The van der Waals surface area contributed by atoms with Crippen LogP contribution in [0.2, 0.25) is 5.02 Å². The van der Waals surface area contributed by atoms with Crippen LogP contribution in [0.4, 0.5) is 15.2 Å². The summed E-state index contributed by atoms with van der Waals surface area (Å²) in [6.45, 7) is 0. The lowest BCUT2D eigenvalue weighted by Gasteiger charge is -2.03. The quantitative estimate of drug-likeness (QED) is 0.672. The number of nitrogens with zero attached hydrogens (tertiary/aromatic N) is 1. The SMILES string of the molecule is O=C(O)Cc1sc(Nc2ccccc2F)nc1-c1ccc(Cl)cc1. The first-order valence-electron chi connectivity index (χ1n) is 7.02. The molecule has 0 spiro atoms. The fourth-order valence-electron chi connectivity index (χ4n) is 2.17. The molecule has 0 fully saturated rings. The van der Waals surface area contributed by atoms with Gasteiger partial charge in [-0.1, -0.05) is 35.9 Å². The minimum absolute atomic E-state index is 0.158. The number of rotatable bonds is 5. The van der Waals surface area contributed by atoms with Gasteiger partial charge in [0.2, 0.25) is 0 Å². The molecule has 0 unspecified atom stereocenters. The molecule has 122 valence electrons. The Morgan fingerprint density at radius 2 is 1.92 bits per heavy atom.